The largest absolute Gasteiger partial charge is 0.454 e. The van der Waals surface area contributed by atoms with Crippen molar-refractivity contribution in [2.24, 2.45) is 0 Å². The van der Waals surface area contributed by atoms with E-state index in [2.05, 4.69) is 154 Å². The lowest BCUT2D eigenvalue weighted by Gasteiger charge is -2.36. The topological polar surface area (TPSA) is 43.9 Å². The molecule has 9 aromatic rings. The standard InChI is InChI=1S/C46H33N3O/c1-45(2)33-18-8-5-13-27(33)28-24-23-26(25-35(28)45)40-29-14-6-9-20-36(29)47-44(48-40)31-16-12-21-37-39(31)46(3,4)34-19-11-17-32-41(34)49(37)42-30-15-7-10-22-38(30)50-43(32)42/h5-25H,1-4H3. The Kier molecular flexibility index (Phi) is 5.23. The molecule has 0 saturated heterocycles. The van der Waals surface area contributed by atoms with Crippen molar-refractivity contribution in [3.8, 4) is 39.5 Å². The van der Waals surface area contributed by atoms with Crippen LogP contribution in [0.4, 0.5) is 0 Å². The molecule has 0 N–H and O–H groups in total. The van der Waals surface area contributed by atoms with E-state index in [1.165, 1.54) is 38.9 Å². The predicted molar refractivity (Wildman–Crippen MR) is 204 cm³/mol. The Bertz CT molecular complexity index is 2940. The minimum atomic E-state index is -0.328. The van der Waals surface area contributed by atoms with Crippen molar-refractivity contribution in [2.45, 2.75) is 38.5 Å². The minimum Gasteiger partial charge on any atom is -0.454 e. The van der Waals surface area contributed by atoms with Crippen molar-refractivity contribution in [1.29, 1.82) is 0 Å². The van der Waals surface area contributed by atoms with Gasteiger partial charge in [-0.15, -0.1) is 0 Å². The van der Waals surface area contributed by atoms with Crippen LogP contribution in [0.3, 0.4) is 0 Å². The molecule has 238 valence electrons. The highest BCUT2D eigenvalue weighted by atomic mass is 16.3. The number of para-hydroxylation sites is 3. The van der Waals surface area contributed by atoms with E-state index in [1.54, 1.807) is 0 Å². The second-order valence-electron chi connectivity index (χ2n) is 15.0. The van der Waals surface area contributed by atoms with Crippen molar-refractivity contribution in [3.63, 3.8) is 0 Å². The molecule has 2 aliphatic rings. The van der Waals surface area contributed by atoms with Crippen molar-refractivity contribution < 1.29 is 4.42 Å². The Balaban J connectivity index is 1.19. The maximum atomic E-state index is 6.56. The van der Waals surface area contributed by atoms with Gasteiger partial charge in [-0.25, -0.2) is 9.97 Å². The normalized spacial score (nSPS) is 15.1. The summed E-state index contributed by atoms with van der Waals surface area (Å²) in [6.07, 6.45) is 0. The first-order chi connectivity index (χ1) is 24.3. The molecular weight excluding hydrogens is 611 g/mol. The van der Waals surface area contributed by atoms with Crippen LogP contribution in [0.25, 0.3) is 83.3 Å². The van der Waals surface area contributed by atoms with Gasteiger partial charge in [0.05, 0.1) is 22.4 Å². The maximum absolute atomic E-state index is 6.56. The molecule has 0 atom stereocenters. The Labute approximate surface area is 289 Å². The van der Waals surface area contributed by atoms with Crippen LogP contribution in [-0.4, -0.2) is 14.5 Å². The molecule has 1 aliphatic carbocycles. The summed E-state index contributed by atoms with van der Waals surface area (Å²) in [6.45, 7) is 9.34. The van der Waals surface area contributed by atoms with Gasteiger partial charge in [-0.05, 0) is 69.8 Å². The predicted octanol–water partition coefficient (Wildman–Crippen LogP) is 11.8. The van der Waals surface area contributed by atoms with Crippen LogP contribution >= 0.6 is 0 Å². The summed E-state index contributed by atoms with van der Waals surface area (Å²) in [5.41, 5.74) is 16.8. The van der Waals surface area contributed by atoms with Crippen LogP contribution in [0.1, 0.15) is 49.9 Å². The summed E-state index contributed by atoms with van der Waals surface area (Å²) in [5.74, 6) is 0.739. The average Bonchev–Trinajstić information content (AvgIpc) is 3.75. The molecule has 4 heterocycles. The SMILES string of the molecule is CC1(C)c2ccccc2-c2ccc(-c3nc(-c4cccc5c4C(C)(C)c4cccc6c7oc8ccccc8c7n-5c46)nc4ccccc34)cc21. The molecule has 4 nitrogen and oxygen atoms in total. The molecule has 6 aromatic carbocycles. The Morgan fingerprint density at radius 3 is 2.14 bits per heavy atom. The van der Waals surface area contributed by atoms with Crippen LogP contribution < -0.4 is 0 Å². The van der Waals surface area contributed by atoms with E-state index in [0.29, 0.717) is 0 Å². The zero-order valence-corrected chi connectivity index (χ0v) is 28.4. The zero-order chi connectivity index (χ0) is 33.5. The first kappa shape index (κ1) is 27.9. The van der Waals surface area contributed by atoms with Crippen molar-refractivity contribution in [2.75, 3.05) is 0 Å². The third-order valence-electron chi connectivity index (χ3n) is 11.6. The van der Waals surface area contributed by atoms with Crippen LogP contribution in [0.2, 0.25) is 0 Å². The molecule has 0 unspecified atom stereocenters. The van der Waals surface area contributed by atoms with Crippen LogP contribution in [-0.2, 0) is 10.8 Å². The number of hydrogen-bond acceptors (Lipinski definition) is 3. The fourth-order valence-electron chi connectivity index (χ4n) is 9.23. The first-order valence-corrected chi connectivity index (χ1v) is 17.4. The quantitative estimate of drug-likeness (QED) is 0.188. The molecule has 50 heavy (non-hydrogen) atoms. The fourth-order valence-corrected chi connectivity index (χ4v) is 9.23. The third-order valence-corrected chi connectivity index (χ3v) is 11.6. The first-order valence-electron chi connectivity index (χ1n) is 17.4. The molecule has 0 bridgehead atoms. The summed E-state index contributed by atoms with van der Waals surface area (Å²) in [5, 5.41) is 3.31. The van der Waals surface area contributed by atoms with E-state index in [4.69, 9.17) is 14.4 Å². The average molecular weight is 644 g/mol. The van der Waals surface area contributed by atoms with Crippen molar-refractivity contribution in [3.05, 3.63) is 150 Å². The van der Waals surface area contributed by atoms with Crippen molar-refractivity contribution in [1.82, 2.24) is 14.5 Å². The molecule has 0 spiro atoms. The van der Waals surface area contributed by atoms with E-state index < -0.39 is 0 Å². The third kappa shape index (κ3) is 3.40. The second-order valence-corrected chi connectivity index (χ2v) is 15.0. The van der Waals surface area contributed by atoms with Crippen molar-refractivity contribution >= 4 is 43.9 Å². The number of hydrogen-bond donors (Lipinski definition) is 0. The minimum absolute atomic E-state index is 0.103. The lowest BCUT2D eigenvalue weighted by Crippen LogP contribution is -2.27. The lowest BCUT2D eigenvalue weighted by atomic mass is 9.72. The maximum Gasteiger partial charge on any atom is 0.161 e. The number of aromatic nitrogens is 3. The molecular formula is C46H33N3O. The monoisotopic (exact) mass is 643 g/mol. The zero-order valence-electron chi connectivity index (χ0n) is 28.4. The van der Waals surface area contributed by atoms with Gasteiger partial charge in [0.1, 0.15) is 11.1 Å². The summed E-state index contributed by atoms with van der Waals surface area (Å²) in [7, 11) is 0. The van der Waals surface area contributed by atoms with E-state index in [1.807, 2.05) is 6.07 Å². The number of furan rings is 1. The van der Waals surface area contributed by atoms with Gasteiger partial charge >= 0.3 is 0 Å². The number of nitrogens with zero attached hydrogens (tertiary/aromatic N) is 3. The highest BCUT2D eigenvalue weighted by Gasteiger charge is 2.39. The van der Waals surface area contributed by atoms with Gasteiger partial charge in [-0.1, -0.05) is 119 Å². The highest BCUT2D eigenvalue weighted by Crippen LogP contribution is 2.53. The Morgan fingerprint density at radius 2 is 1.24 bits per heavy atom. The molecule has 1 aliphatic heterocycles. The summed E-state index contributed by atoms with van der Waals surface area (Å²) >= 11 is 0. The molecule has 0 fully saturated rings. The van der Waals surface area contributed by atoms with Gasteiger partial charge < -0.3 is 8.98 Å². The van der Waals surface area contributed by atoms with E-state index in [0.717, 1.165) is 66.7 Å². The molecule has 0 amide bonds. The Hall–Kier alpha value is -6.00. The molecule has 4 heteroatoms. The molecule has 0 radical (unpaired) electrons. The molecule has 3 aromatic heterocycles. The van der Waals surface area contributed by atoms with E-state index >= 15 is 0 Å². The highest BCUT2D eigenvalue weighted by molar-refractivity contribution is 6.18. The number of rotatable bonds is 2. The smallest absolute Gasteiger partial charge is 0.161 e. The van der Waals surface area contributed by atoms with Crippen LogP contribution in [0.5, 0.6) is 0 Å². The van der Waals surface area contributed by atoms with E-state index in [-0.39, 0.29) is 10.8 Å². The summed E-state index contributed by atoms with van der Waals surface area (Å²) < 4.78 is 8.99. The van der Waals surface area contributed by atoms with Gasteiger partial charge in [0.25, 0.3) is 0 Å². The van der Waals surface area contributed by atoms with Crippen LogP contribution in [0.15, 0.2) is 132 Å². The van der Waals surface area contributed by atoms with Gasteiger partial charge in [0.15, 0.2) is 11.4 Å². The molecule has 0 saturated carbocycles. The van der Waals surface area contributed by atoms with E-state index in [9.17, 15) is 0 Å². The van der Waals surface area contributed by atoms with Gasteiger partial charge in [0.2, 0.25) is 0 Å². The second kappa shape index (κ2) is 9.36. The lowest BCUT2D eigenvalue weighted by molar-refractivity contribution is 0.631. The molecule has 11 rings (SSSR count). The summed E-state index contributed by atoms with van der Waals surface area (Å²) in [4.78, 5) is 10.8. The Morgan fingerprint density at radius 1 is 0.540 bits per heavy atom. The summed E-state index contributed by atoms with van der Waals surface area (Å²) in [6, 6.07) is 45.7. The number of fused-ring (bicyclic) bond motifs is 11. The van der Waals surface area contributed by atoms with Gasteiger partial charge in [-0.2, -0.15) is 0 Å². The van der Waals surface area contributed by atoms with Gasteiger partial charge in [-0.3, -0.25) is 0 Å². The fraction of sp³-hybridized carbons (Fsp3) is 0.130. The number of benzene rings is 6. The van der Waals surface area contributed by atoms with Crippen LogP contribution in [0, 0.1) is 0 Å². The van der Waals surface area contributed by atoms with Gasteiger partial charge in [0, 0.05) is 38.1 Å².